The van der Waals surface area contributed by atoms with Gasteiger partial charge in [-0.25, -0.2) is 4.68 Å². The molecule has 0 atom stereocenters. The van der Waals surface area contributed by atoms with Crippen LogP contribution in [-0.4, -0.2) is 66.0 Å². The van der Waals surface area contributed by atoms with Crippen LogP contribution >= 0.6 is 0 Å². The number of fused-ring (bicyclic) bond motifs is 1. The first-order chi connectivity index (χ1) is 15.3. The van der Waals surface area contributed by atoms with Crippen molar-refractivity contribution in [1.29, 1.82) is 0 Å². The van der Waals surface area contributed by atoms with Crippen molar-refractivity contribution in [2.45, 2.75) is 20.0 Å². The van der Waals surface area contributed by atoms with Gasteiger partial charge in [0.2, 0.25) is 0 Å². The molecule has 0 aliphatic carbocycles. The molecule has 0 N–H and O–H groups in total. The number of alkyl halides is 3. The van der Waals surface area contributed by atoms with Gasteiger partial charge in [0.25, 0.3) is 5.82 Å². The Morgan fingerprint density at radius 1 is 0.750 bits per heavy atom. The van der Waals surface area contributed by atoms with E-state index >= 15 is 0 Å². The van der Waals surface area contributed by atoms with E-state index in [2.05, 4.69) is 35.5 Å². The van der Waals surface area contributed by atoms with Gasteiger partial charge in [-0.2, -0.15) is 22.8 Å². The predicted octanol–water partition coefficient (Wildman–Crippen LogP) is 2.06. The van der Waals surface area contributed by atoms with Crippen molar-refractivity contribution in [2.75, 3.05) is 36.0 Å². The zero-order chi connectivity index (χ0) is 22.5. The molecule has 1 fully saturated rings. The van der Waals surface area contributed by atoms with Crippen LogP contribution in [-0.2, 0) is 6.18 Å². The van der Waals surface area contributed by atoms with Gasteiger partial charge in [0, 0.05) is 31.9 Å². The molecule has 32 heavy (non-hydrogen) atoms. The average Bonchev–Trinajstić information content (AvgIpc) is 3.36. The van der Waals surface area contributed by atoms with E-state index in [-0.39, 0.29) is 5.65 Å². The Hall–Kier alpha value is -3.77. The minimum absolute atomic E-state index is 0.0534. The maximum atomic E-state index is 13.1. The fraction of sp³-hybridized carbons (Fsp3) is 0.368. The minimum Gasteiger partial charge on any atom is -0.352 e. The fourth-order valence-corrected chi connectivity index (χ4v) is 3.75. The molecule has 4 aromatic rings. The van der Waals surface area contributed by atoms with Gasteiger partial charge >= 0.3 is 6.18 Å². The van der Waals surface area contributed by atoms with Crippen LogP contribution in [0.5, 0.6) is 0 Å². The normalized spacial score (nSPS) is 15.0. The van der Waals surface area contributed by atoms with Crippen LogP contribution in [0.4, 0.5) is 24.8 Å². The lowest BCUT2D eigenvalue weighted by Crippen LogP contribution is -2.47. The van der Waals surface area contributed by atoms with Gasteiger partial charge in [-0.05, 0) is 44.2 Å². The number of hydrogen-bond donors (Lipinski definition) is 0. The molecule has 1 aliphatic heterocycles. The topological polar surface area (TPSA) is 93.2 Å². The zero-order valence-electron chi connectivity index (χ0n) is 17.3. The standard InChI is InChI=1S/C19H19F3N10/c1-12-11-13(2)31(27-12)15-4-3-14(23-24-15)29-7-9-30(10-8-29)17-6-5-16-25-26-18(19(20,21)22)32(16)28-17/h3-6,11H,7-10H2,1-2H3. The van der Waals surface area contributed by atoms with Crippen LogP contribution in [0.15, 0.2) is 30.3 Å². The van der Waals surface area contributed by atoms with Crippen molar-refractivity contribution < 1.29 is 13.2 Å². The van der Waals surface area contributed by atoms with E-state index in [0.29, 0.717) is 37.8 Å². The third-order valence-electron chi connectivity index (χ3n) is 5.29. The molecule has 0 aromatic carbocycles. The quantitative estimate of drug-likeness (QED) is 0.474. The van der Waals surface area contributed by atoms with E-state index in [0.717, 1.165) is 21.7 Å². The van der Waals surface area contributed by atoms with Crippen LogP contribution in [0.2, 0.25) is 0 Å². The molecule has 4 aromatic heterocycles. The largest absolute Gasteiger partial charge is 0.453 e. The Kier molecular flexibility index (Phi) is 4.68. The van der Waals surface area contributed by atoms with Gasteiger partial charge in [-0.1, -0.05) is 0 Å². The van der Waals surface area contributed by atoms with Gasteiger partial charge in [0.1, 0.15) is 5.82 Å². The molecular weight excluding hydrogens is 425 g/mol. The van der Waals surface area contributed by atoms with Crippen molar-refractivity contribution in [3.8, 4) is 5.82 Å². The predicted molar refractivity (Wildman–Crippen MR) is 109 cm³/mol. The van der Waals surface area contributed by atoms with Gasteiger partial charge in [-0.15, -0.1) is 25.5 Å². The average molecular weight is 444 g/mol. The number of anilines is 2. The van der Waals surface area contributed by atoms with Crippen molar-refractivity contribution in [3.05, 3.63) is 47.5 Å². The number of aromatic nitrogens is 8. The summed E-state index contributed by atoms with van der Waals surface area (Å²) >= 11 is 0. The van der Waals surface area contributed by atoms with Crippen LogP contribution in [0.25, 0.3) is 11.5 Å². The second kappa shape index (κ2) is 7.43. The van der Waals surface area contributed by atoms with Crippen LogP contribution in [0.1, 0.15) is 17.2 Å². The second-order valence-electron chi connectivity index (χ2n) is 7.55. The monoisotopic (exact) mass is 444 g/mol. The van der Waals surface area contributed by atoms with Crippen LogP contribution in [0, 0.1) is 13.8 Å². The van der Waals surface area contributed by atoms with Gasteiger partial charge in [-0.3, -0.25) is 0 Å². The van der Waals surface area contributed by atoms with Gasteiger partial charge in [0.05, 0.1) is 5.69 Å². The molecule has 166 valence electrons. The summed E-state index contributed by atoms with van der Waals surface area (Å²) in [7, 11) is 0. The highest BCUT2D eigenvalue weighted by Crippen LogP contribution is 2.28. The molecule has 5 heterocycles. The number of aryl methyl sites for hydroxylation is 2. The molecule has 0 bridgehead atoms. The molecule has 0 unspecified atom stereocenters. The van der Waals surface area contributed by atoms with E-state index in [9.17, 15) is 13.2 Å². The molecule has 1 saturated heterocycles. The van der Waals surface area contributed by atoms with E-state index in [1.807, 2.05) is 36.9 Å². The lowest BCUT2D eigenvalue weighted by atomic mass is 10.3. The van der Waals surface area contributed by atoms with E-state index < -0.39 is 12.0 Å². The van der Waals surface area contributed by atoms with Crippen molar-refractivity contribution in [2.24, 2.45) is 0 Å². The SMILES string of the molecule is Cc1cc(C)n(-c2ccc(N3CCN(c4ccc5nnc(C(F)(F)F)n5n4)CC3)nn2)n1. The summed E-state index contributed by atoms with van der Waals surface area (Å²) in [6, 6.07) is 8.88. The summed E-state index contributed by atoms with van der Waals surface area (Å²) in [6.07, 6.45) is -4.62. The highest BCUT2D eigenvalue weighted by Gasteiger charge is 2.37. The number of nitrogens with zero attached hydrogens (tertiary/aromatic N) is 10. The molecule has 5 rings (SSSR count). The first-order valence-electron chi connectivity index (χ1n) is 9.96. The first kappa shape index (κ1) is 20.2. The smallest absolute Gasteiger partial charge is 0.352 e. The van der Waals surface area contributed by atoms with E-state index in [1.165, 1.54) is 6.07 Å². The summed E-state index contributed by atoms with van der Waals surface area (Å²) in [4.78, 5) is 4.00. The van der Waals surface area contributed by atoms with Gasteiger partial charge < -0.3 is 9.80 Å². The summed E-state index contributed by atoms with van der Waals surface area (Å²) in [5.41, 5.74) is 1.94. The lowest BCUT2D eigenvalue weighted by Gasteiger charge is -2.35. The van der Waals surface area contributed by atoms with E-state index in [4.69, 9.17) is 0 Å². The fourth-order valence-electron chi connectivity index (χ4n) is 3.75. The van der Waals surface area contributed by atoms with Crippen LogP contribution < -0.4 is 9.80 Å². The molecule has 0 amide bonds. The van der Waals surface area contributed by atoms with Gasteiger partial charge in [0.15, 0.2) is 17.3 Å². The summed E-state index contributed by atoms with van der Waals surface area (Å²) < 4.78 is 41.8. The Labute approximate surface area is 180 Å². The minimum atomic E-state index is -4.62. The highest BCUT2D eigenvalue weighted by molar-refractivity contribution is 5.48. The number of hydrogen-bond acceptors (Lipinski definition) is 8. The second-order valence-corrected chi connectivity index (χ2v) is 7.55. The molecule has 0 saturated carbocycles. The first-order valence-corrected chi connectivity index (χ1v) is 9.96. The highest BCUT2D eigenvalue weighted by atomic mass is 19.4. The molecule has 10 nitrogen and oxygen atoms in total. The lowest BCUT2D eigenvalue weighted by molar-refractivity contribution is -0.146. The molecule has 1 aliphatic rings. The Bertz CT molecular complexity index is 1250. The number of halogens is 3. The summed E-state index contributed by atoms with van der Waals surface area (Å²) in [6.45, 7) is 6.28. The Morgan fingerprint density at radius 3 is 1.97 bits per heavy atom. The maximum absolute atomic E-state index is 13.1. The number of rotatable bonds is 3. The molecule has 0 radical (unpaired) electrons. The third kappa shape index (κ3) is 3.59. The van der Waals surface area contributed by atoms with Crippen LogP contribution in [0.3, 0.4) is 0 Å². The van der Waals surface area contributed by atoms with E-state index in [1.54, 1.807) is 10.7 Å². The Morgan fingerprint density at radius 2 is 1.38 bits per heavy atom. The third-order valence-corrected chi connectivity index (χ3v) is 5.29. The number of piperazine rings is 1. The van der Waals surface area contributed by atoms with Crippen molar-refractivity contribution >= 4 is 17.3 Å². The molecule has 13 heteroatoms. The Balaban J connectivity index is 1.29. The molecular formula is C19H19F3N10. The van der Waals surface area contributed by atoms with Crippen molar-refractivity contribution in [1.82, 2.24) is 39.8 Å². The summed E-state index contributed by atoms with van der Waals surface area (Å²) in [5.74, 6) is 0.681. The zero-order valence-corrected chi connectivity index (χ0v) is 17.3. The summed E-state index contributed by atoms with van der Waals surface area (Å²) in [5, 5.41) is 23.9. The molecule has 0 spiro atoms. The van der Waals surface area contributed by atoms with Crippen molar-refractivity contribution in [3.63, 3.8) is 0 Å². The maximum Gasteiger partial charge on any atom is 0.453 e.